The molecule has 0 saturated heterocycles. The van der Waals surface area contributed by atoms with Gasteiger partial charge in [-0.2, -0.15) is 0 Å². The van der Waals surface area contributed by atoms with Gasteiger partial charge in [0.25, 0.3) is 0 Å². The summed E-state index contributed by atoms with van der Waals surface area (Å²) in [6, 6.07) is 11.5. The summed E-state index contributed by atoms with van der Waals surface area (Å²) in [6.07, 6.45) is 4.51. The average molecular weight is 238 g/mol. The Bertz CT molecular complexity index is 701. The van der Waals surface area contributed by atoms with E-state index in [0.717, 1.165) is 16.9 Å². The van der Waals surface area contributed by atoms with Gasteiger partial charge in [0.15, 0.2) is 0 Å². The number of imidazole rings is 1. The number of aryl methyl sites for hydroxylation is 1. The molecule has 0 amide bonds. The van der Waals surface area contributed by atoms with Gasteiger partial charge in [-0.3, -0.25) is 0 Å². The second-order valence-electron chi connectivity index (χ2n) is 4.48. The number of phenols is 1. The number of benzene rings is 1. The standard InChI is InChI=1S/C15H14N2O/c1-11-6-7-17-13(8-11)10-16-15(17)9-12-4-2-3-5-14(12)18/h2-8,10,18H,9H2,1H3. The van der Waals surface area contributed by atoms with E-state index in [0.29, 0.717) is 12.2 Å². The molecule has 90 valence electrons. The topological polar surface area (TPSA) is 37.5 Å². The maximum Gasteiger partial charge on any atom is 0.119 e. The number of para-hydroxylation sites is 1. The van der Waals surface area contributed by atoms with Gasteiger partial charge in [0.05, 0.1) is 11.7 Å². The number of nitrogens with zero attached hydrogens (tertiary/aromatic N) is 2. The summed E-state index contributed by atoms with van der Waals surface area (Å²) in [5.74, 6) is 1.26. The van der Waals surface area contributed by atoms with Crippen LogP contribution in [-0.4, -0.2) is 14.5 Å². The van der Waals surface area contributed by atoms with Crippen LogP contribution in [0.1, 0.15) is 17.0 Å². The van der Waals surface area contributed by atoms with Crippen molar-refractivity contribution in [1.29, 1.82) is 0 Å². The number of fused-ring (bicyclic) bond motifs is 1. The third-order valence-corrected chi connectivity index (χ3v) is 3.10. The van der Waals surface area contributed by atoms with Crippen molar-refractivity contribution < 1.29 is 5.11 Å². The van der Waals surface area contributed by atoms with Crippen molar-refractivity contribution in [2.45, 2.75) is 13.3 Å². The summed E-state index contributed by atoms with van der Waals surface area (Å²) in [5, 5.41) is 9.79. The van der Waals surface area contributed by atoms with Gasteiger partial charge in [0.2, 0.25) is 0 Å². The number of hydrogen-bond donors (Lipinski definition) is 1. The molecule has 0 aliphatic heterocycles. The van der Waals surface area contributed by atoms with Crippen molar-refractivity contribution in [2.24, 2.45) is 0 Å². The molecule has 3 aromatic rings. The molecule has 3 heteroatoms. The number of aromatic hydroxyl groups is 1. The molecule has 0 bridgehead atoms. The van der Waals surface area contributed by atoms with Crippen LogP contribution in [0.5, 0.6) is 5.75 Å². The molecule has 2 heterocycles. The highest BCUT2D eigenvalue weighted by Crippen LogP contribution is 2.20. The average Bonchev–Trinajstić information content (AvgIpc) is 2.74. The lowest BCUT2D eigenvalue weighted by molar-refractivity contribution is 0.469. The Morgan fingerprint density at radius 1 is 1.22 bits per heavy atom. The van der Waals surface area contributed by atoms with Gasteiger partial charge in [-0.1, -0.05) is 18.2 Å². The lowest BCUT2D eigenvalue weighted by Gasteiger charge is -2.04. The van der Waals surface area contributed by atoms with E-state index in [9.17, 15) is 5.11 Å². The highest BCUT2D eigenvalue weighted by atomic mass is 16.3. The van der Waals surface area contributed by atoms with Crippen LogP contribution in [0.25, 0.3) is 5.52 Å². The summed E-state index contributed by atoms with van der Waals surface area (Å²) in [4.78, 5) is 4.42. The smallest absolute Gasteiger partial charge is 0.119 e. The van der Waals surface area contributed by atoms with Gasteiger partial charge in [-0.15, -0.1) is 0 Å². The molecular weight excluding hydrogens is 224 g/mol. The van der Waals surface area contributed by atoms with Crippen molar-refractivity contribution in [3.8, 4) is 5.75 Å². The third-order valence-electron chi connectivity index (χ3n) is 3.10. The van der Waals surface area contributed by atoms with E-state index < -0.39 is 0 Å². The monoisotopic (exact) mass is 238 g/mol. The third kappa shape index (κ3) is 1.84. The molecule has 1 aromatic carbocycles. The Labute approximate surface area is 105 Å². The number of aromatic nitrogens is 2. The van der Waals surface area contributed by atoms with Crippen molar-refractivity contribution in [2.75, 3.05) is 0 Å². The summed E-state index contributed by atoms with van der Waals surface area (Å²) < 4.78 is 2.06. The predicted molar refractivity (Wildman–Crippen MR) is 70.8 cm³/mol. The minimum atomic E-state index is 0.321. The molecule has 0 unspecified atom stereocenters. The van der Waals surface area contributed by atoms with E-state index >= 15 is 0 Å². The highest BCUT2D eigenvalue weighted by molar-refractivity contribution is 5.49. The fourth-order valence-electron chi connectivity index (χ4n) is 2.13. The van der Waals surface area contributed by atoms with Gasteiger partial charge in [-0.05, 0) is 30.7 Å². The Morgan fingerprint density at radius 3 is 2.89 bits per heavy atom. The predicted octanol–water partition coefficient (Wildman–Crippen LogP) is 2.94. The molecule has 3 nitrogen and oxygen atoms in total. The fraction of sp³-hybridized carbons (Fsp3) is 0.133. The zero-order valence-corrected chi connectivity index (χ0v) is 10.2. The van der Waals surface area contributed by atoms with E-state index in [-0.39, 0.29) is 0 Å². The molecule has 0 saturated carbocycles. The number of hydrogen-bond acceptors (Lipinski definition) is 2. The van der Waals surface area contributed by atoms with Crippen molar-refractivity contribution in [3.05, 3.63) is 65.7 Å². The van der Waals surface area contributed by atoms with Crippen LogP contribution in [0, 0.1) is 6.92 Å². The Kier molecular flexibility index (Phi) is 2.52. The number of pyridine rings is 1. The maximum absolute atomic E-state index is 9.79. The Hall–Kier alpha value is -2.29. The van der Waals surface area contributed by atoms with E-state index in [2.05, 4.69) is 28.4 Å². The van der Waals surface area contributed by atoms with E-state index in [1.807, 2.05) is 30.6 Å². The van der Waals surface area contributed by atoms with Gasteiger partial charge in [-0.25, -0.2) is 4.98 Å². The van der Waals surface area contributed by atoms with Crippen LogP contribution < -0.4 is 0 Å². The molecule has 0 spiro atoms. The lowest BCUT2D eigenvalue weighted by Crippen LogP contribution is -1.96. The largest absolute Gasteiger partial charge is 0.508 e. The van der Waals surface area contributed by atoms with Gasteiger partial charge >= 0.3 is 0 Å². The SMILES string of the molecule is Cc1ccn2c(Cc3ccccc3O)ncc2c1. The normalized spacial score (nSPS) is 10.9. The quantitative estimate of drug-likeness (QED) is 0.745. The first-order valence-electron chi connectivity index (χ1n) is 5.93. The Morgan fingerprint density at radius 2 is 2.06 bits per heavy atom. The number of rotatable bonds is 2. The zero-order chi connectivity index (χ0) is 12.5. The molecule has 3 rings (SSSR count). The van der Waals surface area contributed by atoms with Crippen LogP contribution in [0.4, 0.5) is 0 Å². The fourth-order valence-corrected chi connectivity index (χ4v) is 2.13. The van der Waals surface area contributed by atoms with E-state index in [4.69, 9.17) is 0 Å². The lowest BCUT2D eigenvalue weighted by atomic mass is 10.1. The van der Waals surface area contributed by atoms with Crippen LogP contribution in [0.3, 0.4) is 0 Å². The van der Waals surface area contributed by atoms with Crippen molar-refractivity contribution in [1.82, 2.24) is 9.38 Å². The summed E-state index contributed by atoms with van der Waals surface area (Å²) in [5.41, 5.74) is 3.20. The molecule has 0 aliphatic rings. The molecular formula is C15H14N2O. The Balaban J connectivity index is 2.03. The van der Waals surface area contributed by atoms with Gasteiger partial charge in [0, 0.05) is 18.2 Å². The van der Waals surface area contributed by atoms with E-state index in [1.54, 1.807) is 6.07 Å². The second kappa shape index (κ2) is 4.18. The van der Waals surface area contributed by atoms with E-state index in [1.165, 1.54) is 5.56 Å². The first-order chi connectivity index (χ1) is 8.74. The summed E-state index contributed by atoms with van der Waals surface area (Å²) in [7, 11) is 0. The molecule has 1 N–H and O–H groups in total. The molecule has 0 atom stereocenters. The molecule has 2 aromatic heterocycles. The van der Waals surface area contributed by atoms with Gasteiger partial charge < -0.3 is 9.51 Å². The summed E-state index contributed by atoms with van der Waals surface area (Å²) in [6.45, 7) is 2.07. The van der Waals surface area contributed by atoms with Crippen LogP contribution in [0.15, 0.2) is 48.8 Å². The number of phenolic OH excluding ortho intramolecular Hbond substituents is 1. The van der Waals surface area contributed by atoms with Crippen LogP contribution in [0.2, 0.25) is 0 Å². The first-order valence-corrected chi connectivity index (χ1v) is 5.93. The highest BCUT2D eigenvalue weighted by Gasteiger charge is 2.07. The van der Waals surface area contributed by atoms with Crippen LogP contribution in [-0.2, 0) is 6.42 Å². The molecule has 0 aliphatic carbocycles. The van der Waals surface area contributed by atoms with Crippen molar-refractivity contribution in [3.63, 3.8) is 0 Å². The first kappa shape index (κ1) is 10.8. The maximum atomic E-state index is 9.79. The minimum Gasteiger partial charge on any atom is -0.508 e. The summed E-state index contributed by atoms with van der Waals surface area (Å²) >= 11 is 0. The van der Waals surface area contributed by atoms with Crippen molar-refractivity contribution >= 4 is 5.52 Å². The molecule has 0 fully saturated rings. The zero-order valence-electron chi connectivity index (χ0n) is 10.2. The minimum absolute atomic E-state index is 0.321. The van der Waals surface area contributed by atoms with Crippen LogP contribution >= 0.6 is 0 Å². The van der Waals surface area contributed by atoms with Gasteiger partial charge in [0.1, 0.15) is 11.6 Å². The second-order valence-corrected chi connectivity index (χ2v) is 4.48. The molecule has 0 radical (unpaired) electrons. The molecule has 18 heavy (non-hydrogen) atoms.